The molecular formula is C25H23F3N2O4. The highest BCUT2D eigenvalue weighted by atomic mass is 19.4. The number of hydrogen-bond acceptors (Lipinski definition) is 4. The topological polar surface area (TPSA) is 77.4 Å². The van der Waals surface area contributed by atoms with E-state index in [2.05, 4.69) is 5.32 Å². The molecule has 0 radical (unpaired) electrons. The van der Waals surface area contributed by atoms with Crippen molar-refractivity contribution >= 4 is 17.7 Å². The predicted molar refractivity (Wildman–Crippen MR) is 119 cm³/mol. The summed E-state index contributed by atoms with van der Waals surface area (Å²) in [6.07, 6.45) is -4.49. The van der Waals surface area contributed by atoms with Gasteiger partial charge in [-0.15, -0.1) is 0 Å². The van der Waals surface area contributed by atoms with Gasteiger partial charge >= 0.3 is 12.1 Å². The van der Waals surface area contributed by atoms with Gasteiger partial charge in [0, 0.05) is 36.1 Å². The molecule has 0 aliphatic rings. The number of halogens is 3. The van der Waals surface area contributed by atoms with Gasteiger partial charge < -0.3 is 14.6 Å². The van der Waals surface area contributed by atoms with Crippen molar-refractivity contribution in [3.05, 3.63) is 88.2 Å². The average Bonchev–Trinajstić information content (AvgIpc) is 3.09. The summed E-state index contributed by atoms with van der Waals surface area (Å²) in [5.41, 5.74) is 1.80. The van der Waals surface area contributed by atoms with E-state index in [1.54, 1.807) is 36.6 Å². The number of esters is 1. The maximum atomic E-state index is 13.1. The van der Waals surface area contributed by atoms with Crippen LogP contribution in [0.5, 0.6) is 0 Å². The first-order chi connectivity index (χ1) is 16.0. The normalized spacial score (nSPS) is 11.2. The Bertz CT molecular complexity index is 1230. The molecule has 0 unspecified atom stereocenters. The molecule has 0 atom stereocenters. The summed E-state index contributed by atoms with van der Waals surface area (Å²) in [5, 5.41) is 2.65. The van der Waals surface area contributed by atoms with Gasteiger partial charge in [-0.1, -0.05) is 18.2 Å². The predicted octanol–water partition coefficient (Wildman–Crippen LogP) is 4.79. The Morgan fingerprint density at radius 2 is 1.68 bits per heavy atom. The number of ketones is 1. The number of benzene rings is 2. The SMILES string of the molecule is CC(=O)NCc1ccc(C(=O)OCC(=O)c2cc(C)n(-c3cccc(C(F)(F)F)c3)c2C)cc1. The Labute approximate surface area is 194 Å². The molecule has 1 aromatic heterocycles. The van der Waals surface area contributed by atoms with Crippen LogP contribution in [0.25, 0.3) is 5.69 Å². The second-order valence-electron chi connectivity index (χ2n) is 7.77. The molecule has 34 heavy (non-hydrogen) atoms. The molecule has 0 aliphatic heterocycles. The van der Waals surface area contributed by atoms with E-state index in [1.165, 1.54) is 31.2 Å². The highest BCUT2D eigenvalue weighted by Gasteiger charge is 2.31. The van der Waals surface area contributed by atoms with Gasteiger partial charge in [-0.3, -0.25) is 9.59 Å². The van der Waals surface area contributed by atoms with Gasteiger partial charge in [0.05, 0.1) is 11.1 Å². The molecule has 0 spiro atoms. The van der Waals surface area contributed by atoms with E-state index in [4.69, 9.17) is 4.74 Å². The molecule has 0 saturated carbocycles. The molecule has 1 amide bonds. The first-order valence-corrected chi connectivity index (χ1v) is 10.4. The quantitative estimate of drug-likeness (QED) is 0.396. The number of carbonyl (C=O) groups excluding carboxylic acids is 3. The van der Waals surface area contributed by atoms with Crippen LogP contribution in [0, 0.1) is 13.8 Å². The molecule has 0 saturated heterocycles. The van der Waals surface area contributed by atoms with Crippen molar-refractivity contribution in [2.75, 3.05) is 6.61 Å². The first-order valence-electron chi connectivity index (χ1n) is 10.4. The zero-order chi connectivity index (χ0) is 25.0. The number of rotatable bonds is 7. The maximum absolute atomic E-state index is 13.1. The zero-order valence-corrected chi connectivity index (χ0v) is 18.8. The Hall–Kier alpha value is -3.88. The number of alkyl halides is 3. The van der Waals surface area contributed by atoms with Gasteiger partial charge in [0.15, 0.2) is 6.61 Å². The van der Waals surface area contributed by atoms with Gasteiger partial charge in [0.2, 0.25) is 11.7 Å². The molecule has 178 valence electrons. The van der Waals surface area contributed by atoms with Crippen LogP contribution >= 0.6 is 0 Å². The second-order valence-corrected chi connectivity index (χ2v) is 7.77. The monoisotopic (exact) mass is 472 g/mol. The van der Waals surface area contributed by atoms with Gasteiger partial charge in [-0.25, -0.2) is 4.79 Å². The highest BCUT2D eigenvalue weighted by molar-refractivity contribution is 6.00. The number of aryl methyl sites for hydroxylation is 1. The molecule has 1 heterocycles. The molecule has 0 aliphatic carbocycles. The van der Waals surface area contributed by atoms with E-state index in [9.17, 15) is 27.6 Å². The minimum absolute atomic E-state index is 0.172. The molecule has 1 N–H and O–H groups in total. The Morgan fingerprint density at radius 3 is 2.29 bits per heavy atom. The molecule has 0 bridgehead atoms. The number of nitrogens with zero attached hydrogens (tertiary/aromatic N) is 1. The lowest BCUT2D eigenvalue weighted by Gasteiger charge is -2.13. The van der Waals surface area contributed by atoms with Crippen LogP contribution < -0.4 is 5.32 Å². The van der Waals surface area contributed by atoms with Gasteiger partial charge in [0.1, 0.15) is 0 Å². The van der Waals surface area contributed by atoms with E-state index >= 15 is 0 Å². The fourth-order valence-corrected chi connectivity index (χ4v) is 3.54. The Kier molecular flexibility index (Phi) is 7.24. The molecule has 3 aromatic rings. The van der Waals surface area contributed by atoms with Crippen molar-refractivity contribution in [2.24, 2.45) is 0 Å². The Balaban J connectivity index is 1.70. The van der Waals surface area contributed by atoms with Crippen LogP contribution in [0.4, 0.5) is 13.2 Å². The van der Waals surface area contributed by atoms with Gasteiger partial charge in [-0.05, 0) is 55.8 Å². The number of ether oxygens (including phenoxy) is 1. The summed E-state index contributed by atoms with van der Waals surface area (Å²) < 4.78 is 46.0. The van der Waals surface area contributed by atoms with E-state index in [1.807, 2.05) is 0 Å². The summed E-state index contributed by atoms with van der Waals surface area (Å²) in [7, 11) is 0. The number of amides is 1. The second kappa shape index (κ2) is 9.94. The fraction of sp³-hybridized carbons (Fsp3) is 0.240. The van der Waals surface area contributed by atoms with Crippen LogP contribution in [0.2, 0.25) is 0 Å². The standard InChI is InChI=1S/C25H23F3N2O4/c1-15-11-22(16(2)30(15)21-6-4-5-20(12-21)25(26,27)28)23(32)14-34-24(33)19-9-7-18(8-10-19)13-29-17(3)31/h4-12H,13-14H2,1-3H3,(H,29,31). The van der Waals surface area contributed by atoms with Crippen LogP contribution in [-0.2, 0) is 22.3 Å². The average molecular weight is 472 g/mol. The lowest BCUT2D eigenvalue weighted by atomic mass is 10.1. The number of hydrogen-bond donors (Lipinski definition) is 1. The number of aromatic nitrogens is 1. The maximum Gasteiger partial charge on any atom is 0.416 e. The van der Waals surface area contributed by atoms with Crippen molar-refractivity contribution in [1.82, 2.24) is 9.88 Å². The molecule has 3 rings (SSSR count). The lowest BCUT2D eigenvalue weighted by molar-refractivity contribution is -0.137. The number of carbonyl (C=O) groups is 3. The van der Waals surface area contributed by atoms with Crippen molar-refractivity contribution in [2.45, 2.75) is 33.5 Å². The lowest BCUT2D eigenvalue weighted by Crippen LogP contribution is -2.19. The molecule has 2 aromatic carbocycles. The third-order valence-electron chi connectivity index (χ3n) is 5.23. The molecular weight excluding hydrogens is 449 g/mol. The minimum Gasteiger partial charge on any atom is -0.454 e. The van der Waals surface area contributed by atoms with E-state index in [-0.39, 0.29) is 22.7 Å². The van der Waals surface area contributed by atoms with Crippen molar-refractivity contribution in [1.29, 1.82) is 0 Å². The number of nitrogens with one attached hydrogen (secondary N) is 1. The van der Waals surface area contributed by atoms with Crippen molar-refractivity contribution in [3.63, 3.8) is 0 Å². The summed E-state index contributed by atoms with van der Waals surface area (Å²) in [6.45, 7) is 4.51. The van der Waals surface area contributed by atoms with Crippen LogP contribution in [0.1, 0.15) is 50.2 Å². The van der Waals surface area contributed by atoms with Crippen LogP contribution in [-0.4, -0.2) is 28.8 Å². The third-order valence-corrected chi connectivity index (χ3v) is 5.23. The largest absolute Gasteiger partial charge is 0.454 e. The molecule has 6 nitrogen and oxygen atoms in total. The summed E-state index contributed by atoms with van der Waals surface area (Å²) in [4.78, 5) is 36.0. The fourth-order valence-electron chi connectivity index (χ4n) is 3.54. The summed E-state index contributed by atoms with van der Waals surface area (Å²) >= 11 is 0. The van der Waals surface area contributed by atoms with E-state index in [0.717, 1.165) is 17.7 Å². The van der Waals surface area contributed by atoms with Crippen LogP contribution in [0.3, 0.4) is 0 Å². The summed E-state index contributed by atoms with van der Waals surface area (Å²) in [6, 6.07) is 12.8. The molecule has 0 fully saturated rings. The van der Waals surface area contributed by atoms with Gasteiger partial charge in [0.25, 0.3) is 0 Å². The minimum atomic E-state index is -4.49. The van der Waals surface area contributed by atoms with E-state index < -0.39 is 30.1 Å². The first kappa shape index (κ1) is 24.8. The van der Waals surface area contributed by atoms with Gasteiger partial charge in [-0.2, -0.15) is 13.2 Å². The highest BCUT2D eigenvalue weighted by Crippen LogP contribution is 2.31. The summed E-state index contributed by atoms with van der Waals surface area (Å²) in [5.74, 6) is -1.33. The molecule has 9 heteroatoms. The van der Waals surface area contributed by atoms with Crippen molar-refractivity contribution in [3.8, 4) is 5.69 Å². The Morgan fingerprint density at radius 1 is 1.00 bits per heavy atom. The van der Waals surface area contributed by atoms with Crippen molar-refractivity contribution < 1.29 is 32.3 Å². The van der Waals surface area contributed by atoms with E-state index in [0.29, 0.717) is 17.9 Å². The zero-order valence-electron chi connectivity index (χ0n) is 18.8. The third kappa shape index (κ3) is 5.72. The van der Waals surface area contributed by atoms with Crippen LogP contribution in [0.15, 0.2) is 54.6 Å². The number of Topliss-reactive ketones (excluding diaryl/α,β-unsaturated/α-hetero) is 1. The smallest absolute Gasteiger partial charge is 0.416 e.